The maximum atomic E-state index is 10.5. The zero-order valence-corrected chi connectivity index (χ0v) is 16.8. The molecule has 1 aromatic heterocycles. The summed E-state index contributed by atoms with van der Waals surface area (Å²) in [5.74, 6) is 1.35. The summed E-state index contributed by atoms with van der Waals surface area (Å²) in [4.78, 5) is 5.81. The molecule has 0 bridgehead atoms. The monoisotopic (exact) mass is 404 g/mol. The van der Waals surface area contributed by atoms with Crippen molar-refractivity contribution in [2.45, 2.75) is 13.0 Å². The van der Waals surface area contributed by atoms with Gasteiger partial charge in [0.05, 0.1) is 11.9 Å². The van der Waals surface area contributed by atoms with Gasteiger partial charge in [0.1, 0.15) is 29.9 Å². The van der Waals surface area contributed by atoms with Gasteiger partial charge >= 0.3 is 0 Å². The molecule has 1 atom stereocenters. The fraction of sp³-hybridized carbons (Fsp3) is 0.208. The fourth-order valence-corrected chi connectivity index (χ4v) is 3.21. The molecule has 6 nitrogen and oxygen atoms in total. The van der Waals surface area contributed by atoms with Crippen LogP contribution in [0.4, 0.5) is 0 Å². The molecule has 6 heteroatoms. The van der Waals surface area contributed by atoms with E-state index in [1.54, 1.807) is 5.06 Å². The first-order chi connectivity index (χ1) is 14.7. The van der Waals surface area contributed by atoms with Gasteiger partial charge in [-0.1, -0.05) is 59.8 Å². The highest BCUT2D eigenvalue weighted by atomic mass is 16.7. The number of likely N-dealkylation sites (N-methyl/N-ethyl adjacent to an activating group) is 1. The molecule has 4 rings (SSSR count). The summed E-state index contributed by atoms with van der Waals surface area (Å²) in [7, 11) is 0. The van der Waals surface area contributed by atoms with Gasteiger partial charge in [-0.25, -0.2) is 0 Å². The molecule has 0 spiro atoms. The van der Waals surface area contributed by atoms with Gasteiger partial charge < -0.3 is 19.2 Å². The van der Waals surface area contributed by atoms with Crippen molar-refractivity contribution in [2.24, 2.45) is 0 Å². The summed E-state index contributed by atoms with van der Waals surface area (Å²) in [5.41, 5.74) is 2.31. The molecule has 0 radical (unpaired) electrons. The number of aliphatic hydroxyl groups is 1. The number of rotatable bonds is 9. The molecule has 0 aliphatic rings. The Bertz CT molecular complexity index is 1070. The predicted octanol–water partition coefficient (Wildman–Crippen LogP) is 4.55. The highest BCUT2D eigenvalue weighted by Crippen LogP contribution is 2.34. The van der Waals surface area contributed by atoms with Crippen LogP contribution in [0.25, 0.3) is 22.2 Å². The number of hydrogen-bond donors (Lipinski definition) is 1. The summed E-state index contributed by atoms with van der Waals surface area (Å²) in [6.07, 6.45) is -0.732. The average Bonchev–Trinajstić information content (AvgIpc) is 3.23. The molecule has 1 unspecified atom stereocenters. The number of fused-ring (bicyclic) bond motifs is 1. The third kappa shape index (κ3) is 4.62. The Balaban J connectivity index is 1.45. The molecular weight excluding hydrogens is 380 g/mol. The van der Waals surface area contributed by atoms with Crippen molar-refractivity contribution in [2.75, 3.05) is 19.7 Å². The number of nitrogens with zero attached hydrogens (tertiary/aromatic N) is 2. The van der Waals surface area contributed by atoms with Crippen LogP contribution in [-0.4, -0.2) is 41.1 Å². The standard InChI is InChI=1S/C24H24N2O4/c1-2-26(30-20-12-7-4-8-13-20)16-19(27)17-28-21-14-9-15-22-23(21)24(25-29-22)18-10-5-3-6-11-18/h3-15,19,27H,2,16-17H2,1H3. The minimum atomic E-state index is -0.732. The summed E-state index contributed by atoms with van der Waals surface area (Å²) < 4.78 is 11.4. The molecule has 3 aromatic carbocycles. The Kier molecular flexibility index (Phi) is 6.27. The van der Waals surface area contributed by atoms with Gasteiger partial charge in [0, 0.05) is 12.1 Å². The lowest BCUT2D eigenvalue weighted by atomic mass is 10.1. The smallest absolute Gasteiger partial charge is 0.171 e. The minimum Gasteiger partial charge on any atom is -0.490 e. The van der Waals surface area contributed by atoms with E-state index in [9.17, 15) is 5.11 Å². The Labute approximate surface area is 175 Å². The van der Waals surface area contributed by atoms with E-state index in [0.717, 1.165) is 22.4 Å². The molecule has 4 aromatic rings. The second-order valence-corrected chi connectivity index (χ2v) is 6.88. The van der Waals surface area contributed by atoms with Gasteiger partial charge in [-0.05, 0) is 31.2 Å². The summed E-state index contributed by atoms with van der Waals surface area (Å²) in [5, 5.41) is 17.2. The van der Waals surface area contributed by atoms with Crippen LogP contribution in [0.2, 0.25) is 0 Å². The molecule has 1 N–H and O–H groups in total. The number of ether oxygens (including phenoxy) is 1. The topological polar surface area (TPSA) is 68.0 Å². The molecule has 0 saturated carbocycles. The minimum absolute atomic E-state index is 0.118. The van der Waals surface area contributed by atoms with E-state index in [2.05, 4.69) is 5.16 Å². The molecule has 154 valence electrons. The Morgan fingerprint density at radius 2 is 1.70 bits per heavy atom. The maximum absolute atomic E-state index is 10.5. The Morgan fingerprint density at radius 3 is 2.43 bits per heavy atom. The SMILES string of the molecule is CCN(CC(O)COc1cccc2onc(-c3ccccc3)c12)Oc1ccccc1. The van der Waals surface area contributed by atoms with E-state index < -0.39 is 6.10 Å². The number of para-hydroxylation sites is 1. The third-order valence-electron chi connectivity index (χ3n) is 4.68. The average molecular weight is 404 g/mol. The Hall–Kier alpha value is -3.35. The molecule has 0 saturated heterocycles. The van der Waals surface area contributed by atoms with Crippen LogP contribution in [0.1, 0.15) is 6.92 Å². The fourth-order valence-electron chi connectivity index (χ4n) is 3.21. The van der Waals surface area contributed by atoms with E-state index in [0.29, 0.717) is 24.4 Å². The first-order valence-corrected chi connectivity index (χ1v) is 9.97. The predicted molar refractivity (Wildman–Crippen MR) is 115 cm³/mol. The van der Waals surface area contributed by atoms with Gasteiger partial charge in [0.15, 0.2) is 5.58 Å². The van der Waals surface area contributed by atoms with Crippen molar-refractivity contribution in [3.05, 3.63) is 78.9 Å². The molecule has 1 heterocycles. The van der Waals surface area contributed by atoms with Crippen molar-refractivity contribution in [3.63, 3.8) is 0 Å². The van der Waals surface area contributed by atoms with Gasteiger partial charge in [-0.3, -0.25) is 0 Å². The van der Waals surface area contributed by atoms with E-state index in [1.807, 2.05) is 85.8 Å². The van der Waals surface area contributed by atoms with Gasteiger partial charge in [-0.15, -0.1) is 5.06 Å². The first-order valence-electron chi connectivity index (χ1n) is 9.97. The molecule has 0 fully saturated rings. The summed E-state index contributed by atoms with van der Waals surface area (Å²) >= 11 is 0. The molecule has 0 aliphatic carbocycles. The summed E-state index contributed by atoms with van der Waals surface area (Å²) in [6, 6.07) is 24.9. The maximum Gasteiger partial charge on any atom is 0.171 e. The van der Waals surface area contributed by atoms with Crippen molar-refractivity contribution in [1.29, 1.82) is 0 Å². The van der Waals surface area contributed by atoms with E-state index >= 15 is 0 Å². The van der Waals surface area contributed by atoms with Gasteiger partial charge in [-0.2, -0.15) is 0 Å². The lowest BCUT2D eigenvalue weighted by Gasteiger charge is -2.23. The number of hydrogen-bond acceptors (Lipinski definition) is 6. The highest BCUT2D eigenvalue weighted by Gasteiger charge is 2.17. The lowest BCUT2D eigenvalue weighted by molar-refractivity contribution is -0.0858. The highest BCUT2D eigenvalue weighted by molar-refractivity contribution is 5.96. The van der Waals surface area contributed by atoms with Crippen LogP contribution in [0.5, 0.6) is 11.5 Å². The number of hydroxylamine groups is 2. The molecule has 0 amide bonds. The normalized spacial score (nSPS) is 12.2. The third-order valence-corrected chi connectivity index (χ3v) is 4.68. The zero-order chi connectivity index (χ0) is 20.8. The largest absolute Gasteiger partial charge is 0.490 e. The van der Waals surface area contributed by atoms with Crippen LogP contribution < -0.4 is 9.57 Å². The number of aromatic nitrogens is 1. The van der Waals surface area contributed by atoms with Crippen LogP contribution in [0.15, 0.2) is 83.4 Å². The Morgan fingerprint density at radius 1 is 0.967 bits per heavy atom. The van der Waals surface area contributed by atoms with Crippen molar-refractivity contribution >= 4 is 11.0 Å². The van der Waals surface area contributed by atoms with Gasteiger partial charge in [0.25, 0.3) is 0 Å². The van der Waals surface area contributed by atoms with E-state index in [1.165, 1.54) is 0 Å². The van der Waals surface area contributed by atoms with Gasteiger partial charge in [0.2, 0.25) is 0 Å². The van der Waals surface area contributed by atoms with Crippen LogP contribution >= 0.6 is 0 Å². The van der Waals surface area contributed by atoms with Crippen molar-refractivity contribution < 1.29 is 19.2 Å². The van der Waals surface area contributed by atoms with Crippen LogP contribution in [-0.2, 0) is 0 Å². The molecule has 0 aliphatic heterocycles. The quantitative estimate of drug-likeness (QED) is 0.413. The van der Waals surface area contributed by atoms with Crippen molar-refractivity contribution in [1.82, 2.24) is 10.2 Å². The zero-order valence-electron chi connectivity index (χ0n) is 16.8. The van der Waals surface area contributed by atoms with Crippen molar-refractivity contribution in [3.8, 4) is 22.8 Å². The van der Waals surface area contributed by atoms with Crippen LogP contribution in [0.3, 0.4) is 0 Å². The number of benzene rings is 3. The van der Waals surface area contributed by atoms with Crippen LogP contribution in [0, 0.1) is 0 Å². The molecule has 30 heavy (non-hydrogen) atoms. The molecular formula is C24H24N2O4. The number of aliphatic hydroxyl groups excluding tert-OH is 1. The lowest BCUT2D eigenvalue weighted by Crippen LogP contribution is -2.37. The second kappa shape index (κ2) is 9.43. The van der Waals surface area contributed by atoms with E-state index in [4.69, 9.17) is 14.1 Å². The summed E-state index contributed by atoms with van der Waals surface area (Å²) in [6.45, 7) is 3.04. The first kappa shape index (κ1) is 19.9. The second-order valence-electron chi connectivity index (χ2n) is 6.88. The van der Waals surface area contributed by atoms with E-state index in [-0.39, 0.29) is 6.61 Å².